The molecule has 0 aliphatic rings. The minimum atomic E-state index is -0.254. The fraction of sp³-hybridized carbons (Fsp3) is 0.0625. The van der Waals surface area contributed by atoms with E-state index in [1.165, 1.54) is 0 Å². The van der Waals surface area contributed by atoms with Crippen LogP contribution in [0.3, 0.4) is 0 Å². The number of nitrogens with zero attached hydrogens (tertiary/aromatic N) is 1. The molecule has 0 unspecified atom stereocenters. The maximum atomic E-state index is 9.34. The van der Waals surface area contributed by atoms with Crippen LogP contribution in [-0.4, -0.2) is 11.7 Å². The second-order valence-corrected chi connectivity index (χ2v) is 3.86. The first-order chi connectivity index (χ1) is 8.86. The highest BCUT2D eigenvalue weighted by Gasteiger charge is 2.10. The lowest BCUT2D eigenvalue weighted by atomic mass is 9.94. The van der Waals surface area contributed by atoms with Crippen LogP contribution in [0.25, 0.3) is 5.57 Å². The van der Waals surface area contributed by atoms with Crippen LogP contribution in [0.2, 0.25) is 0 Å². The predicted molar refractivity (Wildman–Crippen MR) is 71.6 cm³/mol. The van der Waals surface area contributed by atoms with Crippen molar-refractivity contribution in [3.05, 3.63) is 77.4 Å². The molecule has 0 aliphatic carbocycles. The van der Waals surface area contributed by atoms with E-state index in [1.54, 1.807) is 0 Å². The van der Waals surface area contributed by atoms with E-state index in [0.717, 1.165) is 16.7 Å². The first-order valence-corrected chi connectivity index (χ1v) is 5.71. The van der Waals surface area contributed by atoms with Gasteiger partial charge in [-0.1, -0.05) is 60.7 Å². The van der Waals surface area contributed by atoms with Crippen molar-refractivity contribution in [2.75, 3.05) is 6.61 Å². The summed E-state index contributed by atoms with van der Waals surface area (Å²) in [4.78, 5) is 0. The molecule has 2 nitrogen and oxygen atoms in total. The summed E-state index contributed by atoms with van der Waals surface area (Å²) in [6, 6.07) is 21.4. The minimum Gasteiger partial charge on any atom is -0.391 e. The Morgan fingerprint density at radius 3 is 1.67 bits per heavy atom. The highest BCUT2D eigenvalue weighted by Crippen LogP contribution is 2.26. The van der Waals surface area contributed by atoms with Gasteiger partial charge in [-0.25, -0.2) is 0 Å². The summed E-state index contributed by atoms with van der Waals surface area (Å²) in [5, 5.41) is 18.5. The van der Waals surface area contributed by atoms with Crippen LogP contribution < -0.4 is 0 Å². The average molecular weight is 235 g/mol. The predicted octanol–water partition coefficient (Wildman–Crippen LogP) is 3.00. The van der Waals surface area contributed by atoms with Gasteiger partial charge >= 0.3 is 0 Å². The van der Waals surface area contributed by atoms with Gasteiger partial charge in [0.2, 0.25) is 0 Å². The number of benzene rings is 2. The van der Waals surface area contributed by atoms with Gasteiger partial charge in [-0.15, -0.1) is 0 Å². The third-order valence-electron chi connectivity index (χ3n) is 2.72. The summed E-state index contributed by atoms with van der Waals surface area (Å²) in [5.74, 6) is 0. The Labute approximate surface area is 106 Å². The Morgan fingerprint density at radius 1 is 0.889 bits per heavy atom. The highest BCUT2D eigenvalue weighted by molar-refractivity contribution is 5.84. The van der Waals surface area contributed by atoms with Gasteiger partial charge in [0.25, 0.3) is 0 Å². The molecule has 18 heavy (non-hydrogen) atoms. The molecule has 0 aliphatic heterocycles. The molecular formula is C16H13NO. The maximum Gasteiger partial charge on any atom is 0.0978 e. The van der Waals surface area contributed by atoms with Crippen molar-refractivity contribution < 1.29 is 5.11 Å². The normalized spacial score (nSPS) is 9.56. The Kier molecular flexibility index (Phi) is 3.90. The number of hydrogen-bond acceptors (Lipinski definition) is 2. The summed E-state index contributed by atoms with van der Waals surface area (Å²) < 4.78 is 0. The zero-order valence-corrected chi connectivity index (χ0v) is 9.88. The molecular weight excluding hydrogens is 222 g/mol. The molecule has 2 heteroatoms. The van der Waals surface area contributed by atoms with Crippen LogP contribution in [-0.2, 0) is 0 Å². The molecule has 2 rings (SSSR count). The number of aliphatic hydroxyl groups excluding tert-OH is 1. The van der Waals surface area contributed by atoms with E-state index >= 15 is 0 Å². The monoisotopic (exact) mass is 235 g/mol. The first-order valence-electron chi connectivity index (χ1n) is 5.71. The molecule has 0 bridgehead atoms. The van der Waals surface area contributed by atoms with Crippen molar-refractivity contribution in [3.8, 4) is 6.07 Å². The second kappa shape index (κ2) is 5.81. The van der Waals surface area contributed by atoms with Crippen LogP contribution in [0.15, 0.2) is 66.2 Å². The molecule has 0 spiro atoms. The number of hydrogen-bond donors (Lipinski definition) is 1. The first kappa shape index (κ1) is 12.1. The third kappa shape index (κ3) is 2.48. The molecule has 88 valence electrons. The summed E-state index contributed by atoms with van der Waals surface area (Å²) in [6.45, 7) is -0.254. The zero-order chi connectivity index (χ0) is 12.8. The van der Waals surface area contributed by atoms with Crippen LogP contribution in [0, 0.1) is 11.3 Å². The number of aliphatic hydroxyl groups is 1. The van der Waals surface area contributed by atoms with Crippen LogP contribution >= 0.6 is 0 Å². The van der Waals surface area contributed by atoms with Crippen molar-refractivity contribution in [1.29, 1.82) is 5.26 Å². The van der Waals surface area contributed by atoms with E-state index in [-0.39, 0.29) is 6.61 Å². The minimum absolute atomic E-state index is 0.254. The maximum absolute atomic E-state index is 9.34. The molecule has 0 fully saturated rings. The smallest absolute Gasteiger partial charge is 0.0978 e. The van der Waals surface area contributed by atoms with Crippen molar-refractivity contribution in [3.63, 3.8) is 0 Å². The van der Waals surface area contributed by atoms with Gasteiger partial charge in [0.1, 0.15) is 0 Å². The zero-order valence-electron chi connectivity index (χ0n) is 9.88. The molecule has 1 N–H and O–H groups in total. The number of rotatable bonds is 3. The Hall–Kier alpha value is -2.37. The molecule has 0 amide bonds. The Balaban J connectivity index is 2.64. The molecule has 0 atom stereocenters. The molecule has 0 radical (unpaired) electrons. The van der Waals surface area contributed by atoms with E-state index < -0.39 is 0 Å². The van der Waals surface area contributed by atoms with Crippen molar-refractivity contribution in [2.45, 2.75) is 0 Å². The quantitative estimate of drug-likeness (QED) is 0.831. The van der Waals surface area contributed by atoms with Crippen molar-refractivity contribution in [1.82, 2.24) is 0 Å². The second-order valence-electron chi connectivity index (χ2n) is 3.86. The van der Waals surface area contributed by atoms with Crippen LogP contribution in [0.4, 0.5) is 0 Å². The summed E-state index contributed by atoms with van der Waals surface area (Å²) in [6.07, 6.45) is 0. The average Bonchev–Trinajstić information content (AvgIpc) is 2.46. The largest absolute Gasteiger partial charge is 0.391 e. The van der Waals surface area contributed by atoms with E-state index in [1.807, 2.05) is 60.7 Å². The van der Waals surface area contributed by atoms with Gasteiger partial charge in [-0.2, -0.15) is 5.26 Å². The molecule has 0 aromatic heterocycles. The fourth-order valence-electron chi connectivity index (χ4n) is 1.90. The summed E-state index contributed by atoms with van der Waals surface area (Å²) in [5.41, 5.74) is 3.05. The van der Waals surface area contributed by atoms with Gasteiger partial charge in [-0.3, -0.25) is 0 Å². The van der Waals surface area contributed by atoms with Crippen molar-refractivity contribution in [2.24, 2.45) is 0 Å². The SMILES string of the molecule is N#CC(CO)=C(c1ccccc1)c1ccccc1. The lowest BCUT2D eigenvalue weighted by molar-refractivity contribution is 0.336. The number of nitriles is 1. The van der Waals surface area contributed by atoms with Gasteiger partial charge in [-0.05, 0) is 11.1 Å². The molecule has 0 heterocycles. The standard InChI is InChI=1S/C16H13NO/c17-11-15(12-18)16(13-7-3-1-4-8-13)14-9-5-2-6-10-14/h1-10,18H,12H2. The van der Waals surface area contributed by atoms with E-state index in [4.69, 9.17) is 5.26 Å². The van der Waals surface area contributed by atoms with Crippen LogP contribution in [0.5, 0.6) is 0 Å². The van der Waals surface area contributed by atoms with Crippen molar-refractivity contribution >= 4 is 5.57 Å². The third-order valence-corrected chi connectivity index (χ3v) is 2.72. The molecule has 2 aromatic carbocycles. The highest BCUT2D eigenvalue weighted by atomic mass is 16.3. The van der Waals surface area contributed by atoms with Gasteiger partial charge in [0.05, 0.1) is 18.2 Å². The summed E-state index contributed by atoms with van der Waals surface area (Å²) >= 11 is 0. The van der Waals surface area contributed by atoms with Gasteiger partial charge < -0.3 is 5.11 Å². The summed E-state index contributed by atoms with van der Waals surface area (Å²) in [7, 11) is 0. The van der Waals surface area contributed by atoms with Crippen LogP contribution in [0.1, 0.15) is 11.1 Å². The molecule has 0 saturated carbocycles. The Bertz CT molecular complexity index is 538. The van der Waals surface area contributed by atoms with Gasteiger partial charge in [0.15, 0.2) is 0 Å². The van der Waals surface area contributed by atoms with E-state index in [9.17, 15) is 5.11 Å². The van der Waals surface area contributed by atoms with E-state index in [2.05, 4.69) is 6.07 Å². The fourth-order valence-corrected chi connectivity index (χ4v) is 1.90. The Morgan fingerprint density at radius 2 is 1.33 bits per heavy atom. The van der Waals surface area contributed by atoms with Gasteiger partial charge in [0, 0.05) is 5.57 Å². The molecule has 2 aromatic rings. The lowest BCUT2D eigenvalue weighted by Crippen LogP contribution is -1.97. The lowest BCUT2D eigenvalue weighted by Gasteiger charge is -2.10. The van der Waals surface area contributed by atoms with E-state index in [0.29, 0.717) is 5.57 Å². The molecule has 0 saturated heterocycles. The topological polar surface area (TPSA) is 44.0 Å².